The smallest absolute Gasteiger partial charge is 0.336 e. The monoisotopic (exact) mass is 496 g/mol. The lowest BCUT2D eigenvalue weighted by molar-refractivity contribution is -0.139. The molecule has 0 amide bonds. The first-order valence-corrected chi connectivity index (χ1v) is 11.5. The molecule has 0 saturated heterocycles. The summed E-state index contributed by atoms with van der Waals surface area (Å²) in [5.74, 6) is -0.929. The number of ether oxygens (including phenoxy) is 4. The van der Waals surface area contributed by atoms with E-state index >= 15 is 0 Å². The zero-order valence-corrected chi connectivity index (χ0v) is 20.9. The van der Waals surface area contributed by atoms with Crippen molar-refractivity contribution in [2.45, 2.75) is 32.6 Å². The minimum absolute atomic E-state index is 0.114. The quantitative estimate of drug-likeness (QED) is 0.213. The van der Waals surface area contributed by atoms with Gasteiger partial charge in [0, 0.05) is 22.8 Å². The molecule has 2 aromatic rings. The van der Waals surface area contributed by atoms with Crippen LogP contribution in [0.15, 0.2) is 54.6 Å². The lowest BCUT2D eigenvalue weighted by Gasteiger charge is -2.14. The Kier molecular flexibility index (Phi) is 11.2. The van der Waals surface area contributed by atoms with E-state index in [1.54, 1.807) is 43.3 Å². The largest absolute Gasteiger partial charge is 0.496 e. The number of carboxylic acids is 1. The number of unbranched alkanes of at least 4 members (excludes halogenated alkanes) is 3. The first-order valence-electron chi connectivity index (χ1n) is 11.5. The van der Waals surface area contributed by atoms with Gasteiger partial charge in [0.15, 0.2) is 0 Å². The molecular weight excluding hydrogens is 464 g/mol. The predicted molar refractivity (Wildman–Crippen MR) is 136 cm³/mol. The number of hydrogen-bond donors (Lipinski definition) is 1. The summed E-state index contributed by atoms with van der Waals surface area (Å²) < 4.78 is 21.0. The van der Waals surface area contributed by atoms with Gasteiger partial charge in [0.1, 0.15) is 11.5 Å². The minimum atomic E-state index is -1.07. The number of esters is 2. The molecule has 1 N–H and O–H groups in total. The Morgan fingerprint density at radius 1 is 0.944 bits per heavy atom. The van der Waals surface area contributed by atoms with Crippen molar-refractivity contribution in [2.24, 2.45) is 0 Å². The SMILES string of the molecule is C=C(C)C(=O)OCCCCCCOc1ccc(C(=O)O)c(-c2ccc(/C=C/C(=O)OC)cc2OC)c1. The van der Waals surface area contributed by atoms with Crippen molar-refractivity contribution in [3.8, 4) is 22.6 Å². The van der Waals surface area contributed by atoms with Gasteiger partial charge in [-0.1, -0.05) is 18.7 Å². The van der Waals surface area contributed by atoms with Gasteiger partial charge in [-0.25, -0.2) is 14.4 Å². The number of carbonyl (C=O) groups is 3. The van der Waals surface area contributed by atoms with Crippen LogP contribution in [0.4, 0.5) is 0 Å². The fourth-order valence-electron chi connectivity index (χ4n) is 3.32. The van der Waals surface area contributed by atoms with E-state index in [1.807, 2.05) is 0 Å². The zero-order valence-electron chi connectivity index (χ0n) is 20.9. The normalized spacial score (nSPS) is 10.6. The second-order valence-electron chi connectivity index (χ2n) is 8.01. The molecule has 0 aliphatic rings. The Morgan fingerprint density at radius 3 is 2.31 bits per heavy atom. The van der Waals surface area contributed by atoms with Crippen LogP contribution < -0.4 is 9.47 Å². The number of carbonyl (C=O) groups excluding carboxylic acids is 2. The van der Waals surface area contributed by atoms with E-state index in [2.05, 4.69) is 11.3 Å². The van der Waals surface area contributed by atoms with Crippen LogP contribution in [0.1, 0.15) is 48.5 Å². The Hall–Kier alpha value is -4.07. The fourth-order valence-corrected chi connectivity index (χ4v) is 3.32. The van der Waals surface area contributed by atoms with E-state index in [-0.39, 0.29) is 11.5 Å². The molecule has 192 valence electrons. The lowest BCUT2D eigenvalue weighted by Crippen LogP contribution is -2.06. The molecular formula is C28H32O8. The molecule has 0 fully saturated rings. The number of benzene rings is 2. The zero-order chi connectivity index (χ0) is 26.5. The van der Waals surface area contributed by atoms with Gasteiger partial charge in [-0.05, 0) is 68.5 Å². The van der Waals surface area contributed by atoms with Crippen molar-refractivity contribution in [2.75, 3.05) is 27.4 Å². The number of hydrogen-bond acceptors (Lipinski definition) is 7. The number of rotatable bonds is 14. The van der Waals surface area contributed by atoms with Crippen LogP contribution in [-0.4, -0.2) is 50.4 Å². The maximum atomic E-state index is 11.9. The van der Waals surface area contributed by atoms with Crippen molar-refractivity contribution in [1.82, 2.24) is 0 Å². The van der Waals surface area contributed by atoms with Crippen molar-refractivity contribution in [1.29, 1.82) is 0 Å². The standard InChI is InChI=1S/C28H32O8/c1-19(2)28(32)36-16-8-6-5-7-15-35-21-11-13-23(27(30)31)24(18-21)22-12-9-20(17-25(22)33-3)10-14-26(29)34-4/h9-14,17-18H,1,5-8,15-16H2,2-4H3,(H,30,31)/b14-10+. The van der Waals surface area contributed by atoms with Gasteiger partial charge in [-0.3, -0.25) is 0 Å². The summed E-state index contributed by atoms with van der Waals surface area (Å²) >= 11 is 0. The van der Waals surface area contributed by atoms with Crippen molar-refractivity contribution in [3.05, 3.63) is 65.8 Å². The highest BCUT2D eigenvalue weighted by molar-refractivity contribution is 5.97. The molecule has 0 unspecified atom stereocenters. The maximum Gasteiger partial charge on any atom is 0.336 e. The van der Waals surface area contributed by atoms with Gasteiger partial charge in [-0.2, -0.15) is 0 Å². The third-order valence-corrected chi connectivity index (χ3v) is 5.24. The van der Waals surface area contributed by atoms with Crippen LogP contribution in [0.5, 0.6) is 11.5 Å². The van der Waals surface area contributed by atoms with E-state index in [9.17, 15) is 19.5 Å². The summed E-state index contributed by atoms with van der Waals surface area (Å²) in [4.78, 5) is 34.6. The second kappa shape index (κ2) is 14.4. The highest BCUT2D eigenvalue weighted by Crippen LogP contribution is 2.36. The average molecular weight is 497 g/mol. The number of methoxy groups -OCH3 is 2. The summed E-state index contributed by atoms with van der Waals surface area (Å²) in [5.41, 5.74) is 2.24. The number of carboxylic acid groups (broad SMARTS) is 1. The fraction of sp³-hybridized carbons (Fsp3) is 0.321. The molecule has 36 heavy (non-hydrogen) atoms. The molecule has 2 aromatic carbocycles. The molecule has 0 saturated carbocycles. The molecule has 2 rings (SSSR count). The van der Waals surface area contributed by atoms with Crippen molar-refractivity contribution >= 4 is 24.0 Å². The van der Waals surface area contributed by atoms with Gasteiger partial charge in [0.25, 0.3) is 0 Å². The van der Waals surface area contributed by atoms with Crippen molar-refractivity contribution < 1.29 is 38.4 Å². The lowest BCUT2D eigenvalue weighted by atomic mass is 9.97. The summed E-state index contributed by atoms with van der Waals surface area (Å²) in [6, 6.07) is 10.0. The first-order chi connectivity index (χ1) is 17.3. The third-order valence-electron chi connectivity index (χ3n) is 5.24. The van der Waals surface area contributed by atoms with Crippen LogP contribution in [0.2, 0.25) is 0 Å². The van der Waals surface area contributed by atoms with Crippen LogP contribution in [0.25, 0.3) is 17.2 Å². The van der Waals surface area contributed by atoms with E-state index < -0.39 is 11.9 Å². The molecule has 0 radical (unpaired) electrons. The van der Waals surface area contributed by atoms with Gasteiger partial charge >= 0.3 is 17.9 Å². The van der Waals surface area contributed by atoms with E-state index in [4.69, 9.17) is 14.2 Å². The molecule has 0 spiro atoms. The molecule has 0 heterocycles. The second-order valence-corrected chi connectivity index (χ2v) is 8.01. The van der Waals surface area contributed by atoms with Crippen LogP contribution >= 0.6 is 0 Å². The van der Waals surface area contributed by atoms with Crippen molar-refractivity contribution in [3.63, 3.8) is 0 Å². The van der Waals surface area contributed by atoms with Crippen LogP contribution in [0.3, 0.4) is 0 Å². The Morgan fingerprint density at radius 2 is 1.67 bits per heavy atom. The van der Waals surface area contributed by atoms with Gasteiger partial charge in [0.05, 0.1) is 33.0 Å². The Balaban J connectivity index is 2.05. The number of aromatic carboxylic acids is 1. The van der Waals surface area contributed by atoms with Crippen LogP contribution in [-0.2, 0) is 19.1 Å². The summed E-state index contributed by atoms with van der Waals surface area (Å²) in [5, 5.41) is 9.71. The summed E-state index contributed by atoms with van der Waals surface area (Å²) in [6.45, 7) is 5.99. The molecule has 0 aliphatic heterocycles. The highest BCUT2D eigenvalue weighted by Gasteiger charge is 2.17. The average Bonchev–Trinajstić information content (AvgIpc) is 2.87. The first kappa shape index (κ1) is 28.2. The predicted octanol–water partition coefficient (Wildman–Crippen LogP) is 5.31. The van der Waals surface area contributed by atoms with E-state index in [1.165, 1.54) is 26.4 Å². The maximum absolute atomic E-state index is 11.9. The Bertz CT molecular complexity index is 1120. The Labute approximate surface area is 211 Å². The molecule has 0 atom stereocenters. The van der Waals surface area contributed by atoms with Gasteiger partial charge in [0.2, 0.25) is 0 Å². The van der Waals surface area contributed by atoms with Gasteiger partial charge in [-0.15, -0.1) is 0 Å². The molecule has 0 aromatic heterocycles. The third kappa shape index (κ3) is 8.61. The van der Waals surface area contributed by atoms with E-state index in [0.717, 1.165) is 25.7 Å². The summed E-state index contributed by atoms with van der Waals surface area (Å²) in [6.07, 6.45) is 6.24. The molecule has 8 heteroatoms. The topological polar surface area (TPSA) is 108 Å². The van der Waals surface area contributed by atoms with E-state index in [0.29, 0.717) is 47.0 Å². The molecule has 0 aliphatic carbocycles. The van der Waals surface area contributed by atoms with Crippen LogP contribution in [0, 0.1) is 0 Å². The molecule has 0 bridgehead atoms. The van der Waals surface area contributed by atoms with Gasteiger partial charge < -0.3 is 24.1 Å². The minimum Gasteiger partial charge on any atom is -0.496 e. The highest BCUT2D eigenvalue weighted by atomic mass is 16.5. The summed E-state index contributed by atoms with van der Waals surface area (Å²) in [7, 11) is 2.79. The molecule has 8 nitrogen and oxygen atoms in total.